The predicted octanol–water partition coefficient (Wildman–Crippen LogP) is 3.16. The molecule has 1 aliphatic rings. The van der Waals surface area contributed by atoms with Crippen molar-refractivity contribution in [2.45, 2.75) is 44.4 Å². The van der Waals surface area contributed by atoms with Crippen molar-refractivity contribution in [1.82, 2.24) is 5.32 Å². The van der Waals surface area contributed by atoms with E-state index in [-0.39, 0.29) is 11.7 Å². The first kappa shape index (κ1) is 13.1. The van der Waals surface area contributed by atoms with Crippen molar-refractivity contribution in [3.05, 3.63) is 35.6 Å². The maximum absolute atomic E-state index is 13.9. The molecule has 0 aliphatic heterocycles. The molecule has 1 fully saturated rings. The van der Waals surface area contributed by atoms with Crippen LogP contribution in [-0.4, -0.2) is 12.5 Å². The zero-order valence-corrected chi connectivity index (χ0v) is 10.8. The minimum Gasteiger partial charge on any atom is -0.355 e. The van der Waals surface area contributed by atoms with Gasteiger partial charge in [-0.25, -0.2) is 4.39 Å². The van der Waals surface area contributed by atoms with E-state index in [9.17, 15) is 9.18 Å². The molecule has 0 heterocycles. The average Bonchev–Trinajstić information content (AvgIpc) is 2.30. The third-order valence-electron chi connectivity index (χ3n) is 3.85. The Bertz CT molecular complexity index is 426. The van der Waals surface area contributed by atoms with Gasteiger partial charge in [-0.05, 0) is 25.3 Å². The molecule has 0 radical (unpaired) electrons. The number of halogens is 1. The maximum atomic E-state index is 13.9. The zero-order valence-electron chi connectivity index (χ0n) is 10.8. The molecule has 0 aromatic heterocycles. The summed E-state index contributed by atoms with van der Waals surface area (Å²) in [4.78, 5) is 12.3. The number of carbonyl (C=O) groups excluding carboxylic acids is 1. The van der Waals surface area contributed by atoms with Crippen molar-refractivity contribution in [3.63, 3.8) is 0 Å². The number of hydrogen-bond acceptors (Lipinski definition) is 1. The van der Waals surface area contributed by atoms with Crippen LogP contribution in [0.4, 0.5) is 4.39 Å². The molecule has 0 spiro atoms. The molecule has 2 rings (SSSR count). The first-order valence-electron chi connectivity index (χ1n) is 6.74. The maximum Gasteiger partial charge on any atom is 0.230 e. The summed E-state index contributed by atoms with van der Waals surface area (Å²) in [6.07, 6.45) is 4.53. The topological polar surface area (TPSA) is 29.1 Å². The van der Waals surface area contributed by atoms with Gasteiger partial charge in [-0.3, -0.25) is 4.79 Å². The van der Waals surface area contributed by atoms with Crippen molar-refractivity contribution in [2.24, 2.45) is 0 Å². The Hall–Kier alpha value is -1.38. The molecule has 1 N–H and O–H groups in total. The lowest BCUT2D eigenvalue weighted by Crippen LogP contribution is -2.49. The van der Waals surface area contributed by atoms with Crippen molar-refractivity contribution in [1.29, 1.82) is 0 Å². The summed E-state index contributed by atoms with van der Waals surface area (Å²) in [5.74, 6) is -0.268. The van der Waals surface area contributed by atoms with Crippen molar-refractivity contribution in [2.75, 3.05) is 6.54 Å². The van der Waals surface area contributed by atoms with Gasteiger partial charge in [0, 0.05) is 12.1 Å². The van der Waals surface area contributed by atoms with Crippen LogP contribution < -0.4 is 5.32 Å². The lowest BCUT2D eigenvalue weighted by molar-refractivity contribution is -0.130. The Morgan fingerprint density at radius 3 is 2.67 bits per heavy atom. The normalized spacial score (nSPS) is 17.0. The highest BCUT2D eigenvalue weighted by Gasteiger charge is 2.46. The second kappa shape index (κ2) is 5.51. The fourth-order valence-electron chi connectivity index (χ4n) is 2.55. The van der Waals surface area contributed by atoms with Crippen LogP contribution in [0.3, 0.4) is 0 Å². The standard InChI is InChI=1S/C15H20FNO/c1-2-3-11-17-14(18)15(9-6-10-15)12-7-4-5-8-13(12)16/h4-5,7-8H,2-3,6,9-11H2,1H3,(H,17,18). The zero-order chi connectivity index (χ0) is 13.0. The summed E-state index contributed by atoms with van der Waals surface area (Å²) < 4.78 is 13.9. The molecule has 98 valence electrons. The summed E-state index contributed by atoms with van der Waals surface area (Å²) in [6, 6.07) is 6.65. The third kappa shape index (κ3) is 2.26. The highest BCUT2D eigenvalue weighted by atomic mass is 19.1. The van der Waals surface area contributed by atoms with E-state index >= 15 is 0 Å². The second-order valence-electron chi connectivity index (χ2n) is 5.02. The molecular weight excluding hydrogens is 229 g/mol. The molecule has 3 heteroatoms. The Morgan fingerprint density at radius 2 is 2.11 bits per heavy atom. The highest BCUT2D eigenvalue weighted by molar-refractivity contribution is 5.89. The Balaban J connectivity index is 2.16. The summed E-state index contributed by atoms with van der Waals surface area (Å²) in [5, 5.41) is 2.95. The average molecular weight is 249 g/mol. The lowest BCUT2D eigenvalue weighted by Gasteiger charge is -2.40. The first-order valence-corrected chi connectivity index (χ1v) is 6.74. The molecule has 0 bridgehead atoms. The molecule has 1 aromatic carbocycles. The van der Waals surface area contributed by atoms with Gasteiger partial charge in [0.1, 0.15) is 5.82 Å². The number of unbranched alkanes of at least 4 members (excludes halogenated alkanes) is 1. The number of rotatable bonds is 5. The molecule has 2 nitrogen and oxygen atoms in total. The Morgan fingerprint density at radius 1 is 1.39 bits per heavy atom. The first-order chi connectivity index (χ1) is 8.70. The fourth-order valence-corrected chi connectivity index (χ4v) is 2.55. The quantitative estimate of drug-likeness (QED) is 0.798. The molecule has 1 aromatic rings. The van der Waals surface area contributed by atoms with Gasteiger partial charge in [0.25, 0.3) is 0 Å². The van der Waals surface area contributed by atoms with Crippen LogP contribution >= 0.6 is 0 Å². The molecule has 0 unspecified atom stereocenters. The monoisotopic (exact) mass is 249 g/mol. The summed E-state index contributed by atoms with van der Waals surface area (Å²) in [5.41, 5.74) is -0.0516. The van der Waals surface area contributed by atoms with E-state index in [4.69, 9.17) is 0 Å². The van der Waals surface area contributed by atoms with Gasteiger partial charge < -0.3 is 5.32 Å². The van der Waals surface area contributed by atoms with Gasteiger partial charge in [-0.2, -0.15) is 0 Å². The number of hydrogen-bond donors (Lipinski definition) is 1. The summed E-state index contributed by atoms with van der Waals surface area (Å²) in [6.45, 7) is 2.77. The van der Waals surface area contributed by atoms with Crippen molar-refractivity contribution >= 4 is 5.91 Å². The smallest absolute Gasteiger partial charge is 0.230 e. The van der Waals surface area contributed by atoms with E-state index in [1.165, 1.54) is 6.07 Å². The molecular formula is C15H20FNO. The Labute approximate surface area is 108 Å². The number of nitrogens with one attached hydrogen (secondary N) is 1. The van der Waals surface area contributed by atoms with Crippen molar-refractivity contribution < 1.29 is 9.18 Å². The van der Waals surface area contributed by atoms with Crippen LogP contribution in [0, 0.1) is 5.82 Å². The van der Waals surface area contributed by atoms with Crippen LogP contribution in [-0.2, 0) is 10.2 Å². The fraction of sp³-hybridized carbons (Fsp3) is 0.533. The second-order valence-corrected chi connectivity index (χ2v) is 5.02. The van der Waals surface area contributed by atoms with Crippen LogP contribution in [0.25, 0.3) is 0 Å². The van der Waals surface area contributed by atoms with E-state index in [1.807, 2.05) is 0 Å². The van der Waals surface area contributed by atoms with Crippen LogP contribution in [0.5, 0.6) is 0 Å². The van der Waals surface area contributed by atoms with Gasteiger partial charge in [0.2, 0.25) is 5.91 Å². The molecule has 1 aliphatic carbocycles. The number of amides is 1. The van der Waals surface area contributed by atoms with E-state index < -0.39 is 5.41 Å². The SMILES string of the molecule is CCCCNC(=O)C1(c2ccccc2F)CCC1. The van der Waals surface area contributed by atoms with Gasteiger partial charge in [-0.1, -0.05) is 38.0 Å². The van der Waals surface area contributed by atoms with E-state index in [1.54, 1.807) is 18.2 Å². The lowest BCUT2D eigenvalue weighted by atomic mass is 9.63. The molecule has 18 heavy (non-hydrogen) atoms. The van der Waals surface area contributed by atoms with Crippen LogP contribution in [0.15, 0.2) is 24.3 Å². The highest BCUT2D eigenvalue weighted by Crippen LogP contribution is 2.44. The predicted molar refractivity (Wildman–Crippen MR) is 69.8 cm³/mol. The van der Waals surface area contributed by atoms with Gasteiger partial charge in [-0.15, -0.1) is 0 Å². The minimum absolute atomic E-state index is 0.00713. The van der Waals surface area contributed by atoms with Gasteiger partial charge in [0.05, 0.1) is 5.41 Å². The third-order valence-corrected chi connectivity index (χ3v) is 3.85. The van der Waals surface area contributed by atoms with Gasteiger partial charge in [0.15, 0.2) is 0 Å². The molecule has 1 saturated carbocycles. The number of benzene rings is 1. The molecule has 1 amide bonds. The largest absolute Gasteiger partial charge is 0.355 e. The van der Waals surface area contributed by atoms with Gasteiger partial charge >= 0.3 is 0 Å². The van der Waals surface area contributed by atoms with E-state index in [2.05, 4.69) is 12.2 Å². The summed E-state index contributed by atoms with van der Waals surface area (Å²) >= 11 is 0. The minimum atomic E-state index is -0.612. The Kier molecular flexibility index (Phi) is 4.00. The summed E-state index contributed by atoms with van der Waals surface area (Å²) in [7, 11) is 0. The number of carbonyl (C=O) groups is 1. The van der Waals surface area contributed by atoms with Crippen LogP contribution in [0.1, 0.15) is 44.6 Å². The van der Waals surface area contributed by atoms with Crippen LogP contribution in [0.2, 0.25) is 0 Å². The molecule has 0 saturated heterocycles. The van der Waals surface area contributed by atoms with E-state index in [0.29, 0.717) is 12.1 Å². The molecule has 0 atom stereocenters. The van der Waals surface area contributed by atoms with Crippen molar-refractivity contribution in [3.8, 4) is 0 Å². The van der Waals surface area contributed by atoms with E-state index in [0.717, 1.165) is 32.1 Å².